The summed E-state index contributed by atoms with van der Waals surface area (Å²) in [6, 6.07) is 0. The standard InChI is InChI=1S/C3H4ClN3O/c1-7-2(4)5-6-3(7)8/h1H3,(H,6,8). The molecule has 0 fully saturated rings. The summed E-state index contributed by atoms with van der Waals surface area (Å²) in [5, 5.41) is 5.74. The molecule has 1 heterocycles. The van der Waals surface area contributed by atoms with Crippen molar-refractivity contribution < 1.29 is 0 Å². The molecule has 0 radical (unpaired) electrons. The molecule has 1 rings (SSSR count). The fourth-order valence-corrected chi connectivity index (χ4v) is 0.447. The Labute approximate surface area is 50.1 Å². The first kappa shape index (κ1) is 5.37. The van der Waals surface area contributed by atoms with Crippen LogP contribution in [0.15, 0.2) is 4.79 Å². The Balaban J connectivity index is 3.41. The van der Waals surface area contributed by atoms with Crippen LogP contribution in [0.1, 0.15) is 0 Å². The van der Waals surface area contributed by atoms with Gasteiger partial charge in [0.25, 0.3) is 0 Å². The van der Waals surface area contributed by atoms with Crippen molar-refractivity contribution in [2.24, 2.45) is 7.05 Å². The average Bonchev–Trinajstić information content (AvgIpc) is 1.98. The topological polar surface area (TPSA) is 50.7 Å². The molecule has 0 saturated heterocycles. The van der Waals surface area contributed by atoms with E-state index in [1.807, 2.05) is 0 Å². The van der Waals surface area contributed by atoms with Crippen molar-refractivity contribution in [2.75, 3.05) is 0 Å². The molecule has 0 aromatic carbocycles. The van der Waals surface area contributed by atoms with Gasteiger partial charge in [-0.1, -0.05) is 0 Å². The van der Waals surface area contributed by atoms with Crippen LogP contribution in [0, 0.1) is 0 Å². The van der Waals surface area contributed by atoms with E-state index in [0.717, 1.165) is 0 Å². The lowest BCUT2D eigenvalue weighted by Gasteiger charge is -1.81. The van der Waals surface area contributed by atoms with Crippen molar-refractivity contribution in [3.05, 3.63) is 15.8 Å². The van der Waals surface area contributed by atoms with Crippen molar-refractivity contribution in [2.45, 2.75) is 0 Å². The summed E-state index contributed by atoms with van der Waals surface area (Å²) in [7, 11) is 1.54. The zero-order valence-corrected chi connectivity index (χ0v) is 4.94. The molecule has 0 amide bonds. The first-order valence-corrected chi connectivity index (χ1v) is 2.36. The number of halogens is 1. The van der Waals surface area contributed by atoms with Gasteiger partial charge < -0.3 is 0 Å². The van der Waals surface area contributed by atoms with Crippen LogP contribution in [0.5, 0.6) is 0 Å². The van der Waals surface area contributed by atoms with Crippen molar-refractivity contribution in [1.82, 2.24) is 14.8 Å². The van der Waals surface area contributed by atoms with Crippen molar-refractivity contribution >= 4 is 11.6 Å². The molecule has 5 heteroatoms. The lowest BCUT2D eigenvalue weighted by Crippen LogP contribution is -2.12. The summed E-state index contributed by atoms with van der Waals surface area (Å²) in [4.78, 5) is 10.4. The van der Waals surface area contributed by atoms with E-state index in [1.165, 1.54) is 11.6 Å². The van der Waals surface area contributed by atoms with E-state index in [2.05, 4.69) is 10.2 Å². The molecule has 8 heavy (non-hydrogen) atoms. The molecule has 0 aliphatic rings. The second kappa shape index (κ2) is 1.63. The number of hydrogen-bond donors (Lipinski definition) is 1. The van der Waals surface area contributed by atoms with Gasteiger partial charge in [-0.25, -0.2) is 9.89 Å². The normalized spacial score (nSPS) is 9.75. The van der Waals surface area contributed by atoms with Gasteiger partial charge in [-0.15, -0.1) is 5.10 Å². The average molecular weight is 134 g/mol. The molecular weight excluding hydrogens is 130 g/mol. The van der Waals surface area contributed by atoms with E-state index in [4.69, 9.17) is 11.6 Å². The molecular formula is C3H4ClN3O. The number of nitrogens with one attached hydrogen (secondary N) is 1. The summed E-state index contributed by atoms with van der Waals surface area (Å²) < 4.78 is 1.21. The van der Waals surface area contributed by atoms with E-state index < -0.39 is 0 Å². The largest absolute Gasteiger partial charge is 0.344 e. The predicted octanol–water partition coefficient (Wildman–Crippen LogP) is -0.238. The maximum Gasteiger partial charge on any atom is 0.344 e. The van der Waals surface area contributed by atoms with Gasteiger partial charge in [-0.3, -0.25) is 4.57 Å². The molecule has 0 spiro atoms. The van der Waals surface area contributed by atoms with Crippen LogP contribution in [-0.4, -0.2) is 14.8 Å². The smallest absolute Gasteiger partial charge is 0.269 e. The fourth-order valence-electron chi connectivity index (χ4n) is 0.328. The van der Waals surface area contributed by atoms with E-state index in [-0.39, 0.29) is 11.0 Å². The molecule has 0 aliphatic heterocycles. The Morgan fingerprint density at radius 1 is 1.88 bits per heavy atom. The van der Waals surface area contributed by atoms with Gasteiger partial charge in [0, 0.05) is 7.05 Å². The number of hydrogen-bond acceptors (Lipinski definition) is 2. The first-order valence-electron chi connectivity index (χ1n) is 1.98. The third kappa shape index (κ3) is 0.626. The highest BCUT2D eigenvalue weighted by molar-refractivity contribution is 6.28. The van der Waals surface area contributed by atoms with Crippen LogP contribution in [0.3, 0.4) is 0 Å². The highest BCUT2D eigenvalue weighted by Crippen LogP contribution is 1.93. The second-order valence-corrected chi connectivity index (χ2v) is 1.69. The summed E-state index contributed by atoms with van der Waals surface area (Å²) >= 11 is 5.35. The highest BCUT2D eigenvalue weighted by Gasteiger charge is 1.95. The van der Waals surface area contributed by atoms with Gasteiger partial charge in [0.2, 0.25) is 5.28 Å². The number of H-pyrrole nitrogens is 1. The van der Waals surface area contributed by atoms with Gasteiger partial charge in [0.1, 0.15) is 0 Å². The molecule has 1 aromatic rings. The molecule has 44 valence electrons. The van der Waals surface area contributed by atoms with E-state index in [1.54, 1.807) is 0 Å². The van der Waals surface area contributed by atoms with Gasteiger partial charge in [-0.05, 0) is 11.6 Å². The molecule has 1 N–H and O–H groups in total. The molecule has 4 nitrogen and oxygen atoms in total. The van der Waals surface area contributed by atoms with Crippen LogP contribution < -0.4 is 5.69 Å². The Morgan fingerprint density at radius 3 is 2.62 bits per heavy atom. The summed E-state index contributed by atoms with van der Waals surface area (Å²) in [5.74, 6) is 0. The summed E-state index contributed by atoms with van der Waals surface area (Å²) in [6.45, 7) is 0. The highest BCUT2D eigenvalue weighted by atomic mass is 35.5. The minimum absolute atomic E-state index is 0.176. The summed E-state index contributed by atoms with van der Waals surface area (Å²) in [5.41, 5.74) is -0.296. The Kier molecular flexibility index (Phi) is 1.09. The van der Waals surface area contributed by atoms with Gasteiger partial charge in [0.05, 0.1) is 0 Å². The van der Waals surface area contributed by atoms with E-state index in [0.29, 0.717) is 0 Å². The lowest BCUT2D eigenvalue weighted by atomic mass is 11.1. The van der Waals surface area contributed by atoms with Gasteiger partial charge in [-0.2, -0.15) is 0 Å². The van der Waals surface area contributed by atoms with Crippen molar-refractivity contribution in [1.29, 1.82) is 0 Å². The molecule has 1 aromatic heterocycles. The Hall–Kier alpha value is -0.770. The van der Waals surface area contributed by atoms with E-state index >= 15 is 0 Å². The minimum Gasteiger partial charge on any atom is -0.269 e. The SMILES string of the molecule is Cn1c(Cl)n[nH]c1=O. The number of rotatable bonds is 0. The van der Waals surface area contributed by atoms with Gasteiger partial charge in [0.15, 0.2) is 0 Å². The number of aromatic nitrogens is 3. The van der Waals surface area contributed by atoms with E-state index in [9.17, 15) is 4.79 Å². The maximum atomic E-state index is 10.4. The maximum absolute atomic E-state index is 10.4. The zero-order chi connectivity index (χ0) is 6.15. The molecule has 0 unspecified atom stereocenters. The fraction of sp³-hybridized carbons (Fsp3) is 0.333. The van der Waals surface area contributed by atoms with Gasteiger partial charge >= 0.3 is 5.69 Å². The molecule has 0 atom stereocenters. The minimum atomic E-state index is -0.296. The molecule has 0 saturated carbocycles. The van der Waals surface area contributed by atoms with Crippen LogP contribution >= 0.6 is 11.6 Å². The third-order valence-corrected chi connectivity index (χ3v) is 1.16. The third-order valence-electron chi connectivity index (χ3n) is 0.825. The van der Waals surface area contributed by atoms with Crippen LogP contribution in [0.4, 0.5) is 0 Å². The van der Waals surface area contributed by atoms with Crippen LogP contribution in [-0.2, 0) is 7.05 Å². The zero-order valence-electron chi connectivity index (χ0n) is 4.18. The first-order chi connectivity index (χ1) is 3.72. The Morgan fingerprint density at radius 2 is 2.50 bits per heavy atom. The second-order valence-electron chi connectivity index (χ2n) is 1.36. The number of nitrogens with zero attached hydrogens (tertiary/aromatic N) is 2. The Bertz CT molecular complexity index is 237. The van der Waals surface area contributed by atoms with Crippen molar-refractivity contribution in [3.63, 3.8) is 0 Å². The monoisotopic (exact) mass is 133 g/mol. The molecule has 0 aliphatic carbocycles. The van der Waals surface area contributed by atoms with Crippen LogP contribution in [0.25, 0.3) is 0 Å². The van der Waals surface area contributed by atoms with Crippen LogP contribution in [0.2, 0.25) is 5.28 Å². The molecule has 0 bridgehead atoms. The number of aromatic amines is 1. The van der Waals surface area contributed by atoms with Crippen molar-refractivity contribution in [3.8, 4) is 0 Å². The lowest BCUT2D eigenvalue weighted by molar-refractivity contribution is 0.863. The predicted molar refractivity (Wildman–Crippen MR) is 28.8 cm³/mol. The summed E-state index contributed by atoms with van der Waals surface area (Å²) in [6.07, 6.45) is 0. The quantitative estimate of drug-likeness (QED) is 0.531.